The molecule has 0 unspecified atom stereocenters. The highest BCUT2D eigenvalue weighted by Crippen LogP contribution is 2.35. The van der Waals surface area contributed by atoms with Crippen LogP contribution in [0.1, 0.15) is 45.0 Å². The molecular formula is C26H25N3O3S. The maximum Gasteiger partial charge on any atom is 0.256 e. The number of carbonyl (C=O) groups is 2. The van der Waals surface area contributed by atoms with Gasteiger partial charge >= 0.3 is 0 Å². The molecule has 0 atom stereocenters. The summed E-state index contributed by atoms with van der Waals surface area (Å²) in [5.41, 5.74) is 4.04. The molecule has 3 heterocycles. The lowest BCUT2D eigenvalue weighted by atomic mass is 9.89. The summed E-state index contributed by atoms with van der Waals surface area (Å²) in [6.45, 7) is 1.35. The van der Waals surface area contributed by atoms with Crippen molar-refractivity contribution in [3.05, 3.63) is 82.2 Å². The molecule has 5 rings (SSSR count). The van der Waals surface area contributed by atoms with Gasteiger partial charge in [-0.3, -0.25) is 9.59 Å². The van der Waals surface area contributed by atoms with Crippen LogP contribution in [0.3, 0.4) is 0 Å². The number of anilines is 1. The summed E-state index contributed by atoms with van der Waals surface area (Å²) in [7, 11) is 1.68. The molecule has 4 aromatic rings. The summed E-state index contributed by atoms with van der Waals surface area (Å²) in [4.78, 5) is 31.1. The van der Waals surface area contributed by atoms with Crippen molar-refractivity contribution in [2.24, 2.45) is 0 Å². The number of aromatic amines is 1. The van der Waals surface area contributed by atoms with Crippen molar-refractivity contribution in [2.45, 2.75) is 18.8 Å². The highest BCUT2D eigenvalue weighted by atomic mass is 32.1. The fraction of sp³-hybridized carbons (Fsp3) is 0.231. The molecule has 0 bridgehead atoms. The molecule has 1 fully saturated rings. The van der Waals surface area contributed by atoms with Crippen LogP contribution in [0.15, 0.2) is 65.5 Å². The van der Waals surface area contributed by atoms with Crippen molar-refractivity contribution in [3.63, 3.8) is 0 Å². The monoisotopic (exact) mass is 459 g/mol. The van der Waals surface area contributed by atoms with E-state index < -0.39 is 0 Å². The van der Waals surface area contributed by atoms with Gasteiger partial charge in [0.1, 0.15) is 5.75 Å². The van der Waals surface area contributed by atoms with Gasteiger partial charge in [0.25, 0.3) is 11.8 Å². The first-order chi connectivity index (χ1) is 16.1. The number of hydrogen-bond acceptors (Lipinski definition) is 4. The summed E-state index contributed by atoms with van der Waals surface area (Å²) >= 11 is 1.47. The van der Waals surface area contributed by atoms with Gasteiger partial charge in [0, 0.05) is 35.6 Å². The van der Waals surface area contributed by atoms with Gasteiger partial charge in [-0.25, -0.2) is 0 Å². The Hall–Kier alpha value is -3.58. The number of aromatic nitrogens is 1. The van der Waals surface area contributed by atoms with Gasteiger partial charge < -0.3 is 19.9 Å². The SMILES string of the molecule is COc1ccc2[nH]cc(C3CCN(C(=O)c4ccccc4NC(=O)c4ccsc4)CC3)c2c1. The Morgan fingerprint density at radius 1 is 1.12 bits per heavy atom. The number of likely N-dealkylation sites (tertiary alicyclic amines) is 1. The number of thiophene rings is 1. The van der Waals surface area contributed by atoms with Crippen molar-refractivity contribution in [3.8, 4) is 5.75 Å². The molecule has 6 nitrogen and oxygen atoms in total. The first kappa shape index (κ1) is 21.3. The molecule has 168 valence electrons. The zero-order valence-corrected chi connectivity index (χ0v) is 19.2. The maximum absolute atomic E-state index is 13.3. The van der Waals surface area contributed by atoms with Gasteiger partial charge in [0.15, 0.2) is 0 Å². The van der Waals surface area contributed by atoms with Crippen molar-refractivity contribution in [1.82, 2.24) is 9.88 Å². The number of rotatable bonds is 5. The molecule has 0 radical (unpaired) electrons. The van der Waals surface area contributed by atoms with E-state index in [4.69, 9.17) is 4.74 Å². The molecule has 1 aliphatic heterocycles. The van der Waals surface area contributed by atoms with E-state index in [-0.39, 0.29) is 11.8 Å². The Bertz CT molecular complexity index is 1290. The van der Waals surface area contributed by atoms with Crippen LogP contribution in [-0.2, 0) is 0 Å². The average Bonchev–Trinajstić information content (AvgIpc) is 3.54. The van der Waals surface area contributed by atoms with Gasteiger partial charge in [0.05, 0.1) is 23.9 Å². The van der Waals surface area contributed by atoms with E-state index in [0.29, 0.717) is 35.8 Å². The van der Waals surface area contributed by atoms with Crippen LogP contribution < -0.4 is 10.1 Å². The van der Waals surface area contributed by atoms with Gasteiger partial charge in [-0.1, -0.05) is 12.1 Å². The number of nitrogens with one attached hydrogen (secondary N) is 2. The number of ether oxygens (including phenoxy) is 1. The first-order valence-corrected chi connectivity index (χ1v) is 11.9. The van der Waals surface area contributed by atoms with Gasteiger partial charge in [0.2, 0.25) is 0 Å². The van der Waals surface area contributed by atoms with E-state index in [1.807, 2.05) is 34.5 Å². The number of carbonyl (C=O) groups excluding carboxylic acids is 2. The average molecular weight is 460 g/mol. The third-order valence-electron chi connectivity index (χ3n) is 6.33. The van der Waals surface area contributed by atoms with E-state index >= 15 is 0 Å². The molecule has 0 saturated carbocycles. The predicted octanol–water partition coefficient (Wildman–Crippen LogP) is 5.51. The number of methoxy groups -OCH3 is 1. The first-order valence-electron chi connectivity index (χ1n) is 11.0. The molecule has 2 aromatic carbocycles. The van der Waals surface area contributed by atoms with E-state index in [2.05, 4.69) is 22.6 Å². The fourth-order valence-corrected chi connectivity index (χ4v) is 5.15. The standard InChI is InChI=1S/C26H25N3O3S/c1-32-19-6-7-23-21(14-19)22(15-27-23)17-8-11-29(12-9-17)26(31)20-4-2-3-5-24(20)28-25(30)18-10-13-33-16-18/h2-7,10,13-17,27H,8-9,11-12H2,1H3,(H,28,30). The lowest BCUT2D eigenvalue weighted by Crippen LogP contribution is -2.38. The van der Waals surface area contributed by atoms with Crippen LogP contribution >= 0.6 is 11.3 Å². The minimum absolute atomic E-state index is 0.0461. The van der Waals surface area contributed by atoms with Crippen LogP contribution in [0.2, 0.25) is 0 Å². The normalized spacial score (nSPS) is 14.4. The molecule has 7 heteroatoms. The summed E-state index contributed by atoms with van der Waals surface area (Å²) in [5.74, 6) is 0.973. The number of fused-ring (bicyclic) bond motifs is 1. The van der Waals surface area contributed by atoms with Gasteiger partial charge in [-0.2, -0.15) is 11.3 Å². The minimum Gasteiger partial charge on any atom is -0.497 e. The Labute approximate surface area is 196 Å². The maximum atomic E-state index is 13.3. The number of H-pyrrole nitrogens is 1. The second-order valence-corrected chi connectivity index (χ2v) is 9.01. The Morgan fingerprint density at radius 3 is 2.70 bits per heavy atom. The summed E-state index contributed by atoms with van der Waals surface area (Å²) in [5, 5.41) is 7.74. The predicted molar refractivity (Wildman–Crippen MR) is 131 cm³/mol. The van der Waals surface area contributed by atoms with Crippen molar-refractivity contribution in [1.29, 1.82) is 0 Å². The molecule has 2 N–H and O–H groups in total. The third kappa shape index (κ3) is 4.24. The summed E-state index contributed by atoms with van der Waals surface area (Å²) in [6, 6.07) is 15.1. The molecule has 2 aromatic heterocycles. The summed E-state index contributed by atoms with van der Waals surface area (Å²) in [6.07, 6.45) is 3.86. The quantitative estimate of drug-likeness (QED) is 0.413. The van der Waals surface area contributed by atoms with Crippen LogP contribution in [0.4, 0.5) is 5.69 Å². The van der Waals surface area contributed by atoms with Crippen molar-refractivity contribution < 1.29 is 14.3 Å². The Balaban J connectivity index is 1.29. The number of amides is 2. The number of para-hydroxylation sites is 1. The van der Waals surface area contributed by atoms with Gasteiger partial charge in [-0.05, 0) is 66.1 Å². The zero-order valence-electron chi connectivity index (χ0n) is 18.3. The summed E-state index contributed by atoms with van der Waals surface area (Å²) < 4.78 is 5.40. The molecule has 33 heavy (non-hydrogen) atoms. The second-order valence-electron chi connectivity index (χ2n) is 8.23. The molecule has 0 aliphatic carbocycles. The number of hydrogen-bond donors (Lipinski definition) is 2. The van der Waals surface area contributed by atoms with Crippen LogP contribution in [-0.4, -0.2) is 41.9 Å². The molecular weight excluding hydrogens is 434 g/mol. The second kappa shape index (κ2) is 9.11. The largest absolute Gasteiger partial charge is 0.497 e. The minimum atomic E-state index is -0.204. The number of benzene rings is 2. The zero-order chi connectivity index (χ0) is 22.8. The fourth-order valence-electron chi connectivity index (χ4n) is 4.52. The van der Waals surface area contributed by atoms with Crippen molar-refractivity contribution in [2.75, 3.05) is 25.5 Å². The van der Waals surface area contributed by atoms with Gasteiger partial charge in [-0.15, -0.1) is 0 Å². The third-order valence-corrected chi connectivity index (χ3v) is 7.02. The van der Waals surface area contributed by atoms with E-state index in [9.17, 15) is 9.59 Å². The lowest BCUT2D eigenvalue weighted by Gasteiger charge is -2.32. The van der Waals surface area contributed by atoms with Crippen LogP contribution in [0.5, 0.6) is 5.75 Å². The Morgan fingerprint density at radius 2 is 1.94 bits per heavy atom. The Kier molecular flexibility index (Phi) is 5.88. The smallest absolute Gasteiger partial charge is 0.256 e. The highest BCUT2D eigenvalue weighted by Gasteiger charge is 2.27. The molecule has 1 aliphatic rings. The lowest BCUT2D eigenvalue weighted by molar-refractivity contribution is 0.0714. The van der Waals surface area contributed by atoms with E-state index in [1.165, 1.54) is 22.3 Å². The number of piperidine rings is 1. The number of nitrogens with zero attached hydrogens (tertiary/aromatic N) is 1. The molecule has 2 amide bonds. The van der Waals surface area contributed by atoms with Crippen LogP contribution in [0, 0.1) is 0 Å². The molecule has 0 spiro atoms. The topological polar surface area (TPSA) is 74.4 Å². The van der Waals surface area contributed by atoms with Crippen LogP contribution in [0.25, 0.3) is 10.9 Å². The van der Waals surface area contributed by atoms with E-state index in [1.54, 1.807) is 30.7 Å². The van der Waals surface area contributed by atoms with E-state index in [0.717, 1.165) is 24.1 Å². The highest BCUT2D eigenvalue weighted by molar-refractivity contribution is 7.08. The van der Waals surface area contributed by atoms with Crippen molar-refractivity contribution >= 4 is 39.7 Å². The molecule has 1 saturated heterocycles.